The van der Waals surface area contributed by atoms with Crippen molar-refractivity contribution in [3.63, 3.8) is 0 Å². The minimum atomic E-state index is -1.46. The number of hydrogen-bond acceptors (Lipinski definition) is 0. The van der Waals surface area contributed by atoms with E-state index in [0.717, 1.165) is 7.06 Å². The van der Waals surface area contributed by atoms with Gasteiger partial charge >= 0.3 is 0 Å². The van der Waals surface area contributed by atoms with Crippen LogP contribution in [0.4, 0.5) is 4.32 Å². The molecule has 0 aliphatic rings. The summed E-state index contributed by atoms with van der Waals surface area (Å²) in [6, 6.07) is 0. The minimum absolute atomic E-state index is 0.870. The van der Waals surface area contributed by atoms with E-state index in [1.54, 1.807) is 0 Å². The molecule has 0 amide bonds. The van der Waals surface area contributed by atoms with Gasteiger partial charge in [-0.25, -0.2) is 0 Å². The van der Waals surface area contributed by atoms with E-state index in [2.05, 4.69) is 0 Å². The van der Waals surface area contributed by atoms with E-state index in [1.807, 2.05) is 0 Å². The molecule has 0 atom stereocenters. The molecular formula is B8F. The van der Waals surface area contributed by atoms with Crippen molar-refractivity contribution < 1.29 is 4.32 Å². The molecule has 0 aromatic heterocycles. The smallest absolute Gasteiger partial charge is 0.239 e. The summed E-state index contributed by atoms with van der Waals surface area (Å²) < 4.78 is 12.4. The number of halogens is 1. The third kappa shape index (κ3) is 3.22. The van der Waals surface area contributed by atoms with E-state index >= 15 is 0 Å². The van der Waals surface area contributed by atoms with E-state index in [1.165, 1.54) is 0 Å². The molecule has 9 heteroatoms. The average Bonchev–Trinajstić information content (AvgIpc) is 1.84. The van der Waals surface area contributed by atoms with Crippen LogP contribution < -0.4 is 0 Å². The third-order valence-electron chi connectivity index (χ3n) is 0.958. The van der Waals surface area contributed by atoms with Crippen LogP contribution in [-0.4, -0.2) is 57.6 Å². The van der Waals surface area contributed by atoms with Gasteiger partial charge in [-0.15, -0.1) is 0 Å². The molecule has 31 valence electrons. The molecule has 0 spiro atoms. The maximum atomic E-state index is 12.4. The first-order chi connectivity index (χ1) is 4.09. The highest BCUT2D eigenvalue weighted by Gasteiger charge is 2.24. The van der Waals surface area contributed by atoms with Gasteiger partial charge in [0.2, 0.25) is 6.77 Å². The van der Waals surface area contributed by atoms with Crippen LogP contribution in [0.5, 0.6) is 0 Å². The second kappa shape index (κ2) is 4.29. The van der Waals surface area contributed by atoms with Crippen molar-refractivity contribution >= 4 is 57.6 Å². The van der Waals surface area contributed by atoms with Crippen LogP contribution in [0.25, 0.3) is 0 Å². The monoisotopic (exact) mass is 107 g/mol. The zero-order chi connectivity index (χ0) is 7.44. The standard InChI is InChI=1S/B8F/c1-5-7(4)8(9)6(2)3. The summed E-state index contributed by atoms with van der Waals surface area (Å²) in [6.45, 7) is -1.46. The molecule has 9 radical (unpaired) electrons. The highest BCUT2D eigenvalue weighted by atomic mass is 19.1. The maximum absolute atomic E-state index is 12.4. The van der Waals surface area contributed by atoms with E-state index in [4.69, 9.17) is 30.9 Å². The zero-order valence-corrected chi connectivity index (χ0v) is 5.00. The predicted molar refractivity (Wildman–Crippen MR) is 47.1 cm³/mol. The fourth-order valence-electron chi connectivity index (χ4n) is 0.363. The van der Waals surface area contributed by atoms with Gasteiger partial charge in [0, 0.05) is 38.0 Å². The zero-order valence-electron chi connectivity index (χ0n) is 5.00. The van der Waals surface area contributed by atoms with E-state index in [9.17, 15) is 4.32 Å². The summed E-state index contributed by atoms with van der Waals surface area (Å²) in [5.41, 5.74) is 0. The molecule has 0 aromatic carbocycles. The first-order valence-electron chi connectivity index (χ1n) is 2.55. The Morgan fingerprint density at radius 1 is 1.22 bits per heavy atom. The van der Waals surface area contributed by atoms with Crippen molar-refractivity contribution in [2.24, 2.45) is 0 Å². The Bertz CT molecular complexity index is 69.0. The van der Waals surface area contributed by atoms with E-state index < -0.39 is 19.5 Å². The highest BCUT2D eigenvalue weighted by molar-refractivity contribution is 7.84. The molecule has 9 heavy (non-hydrogen) atoms. The largest absolute Gasteiger partial charge is 0.361 e. The fourth-order valence-corrected chi connectivity index (χ4v) is 0.363. The Kier molecular flexibility index (Phi) is 4.51. The summed E-state index contributed by atoms with van der Waals surface area (Å²) in [6.07, 6.45) is -1.93. The molecule has 0 aromatic rings. The van der Waals surface area contributed by atoms with Crippen LogP contribution in [0.1, 0.15) is 0 Å². The molecule has 0 rings (SSSR count). The van der Waals surface area contributed by atoms with Gasteiger partial charge in [0.1, 0.15) is 0 Å². The summed E-state index contributed by atoms with van der Waals surface area (Å²) in [4.78, 5) is 0. The lowest BCUT2D eigenvalue weighted by Gasteiger charge is -2.10. The van der Waals surface area contributed by atoms with Crippen molar-refractivity contribution in [2.45, 2.75) is 0 Å². The minimum Gasteiger partial charge on any atom is -0.361 e. The molecular weight excluding hydrogens is 105 g/mol. The quantitative estimate of drug-likeness (QED) is 0.345. The molecule has 0 nitrogen and oxygen atoms in total. The van der Waals surface area contributed by atoms with Crippen LogP contribution in [0, 0.1) is 0 Å². The van der Waals surface area contributed by atoms with Gasteiger partial charge in [-0.3, -0.25) is 0 Å². The van der Waals surface area contributed by atoms with Crippen molar-refractivity contribution in [1.82, 2.24) is 0 Å². The Labute approximate surface area is 62.5 Å². The maximum Gasteiger partial charge on any atom is 0.239 e. The van der Waals surface area contributed by atoms with Crippen molar-refractivity contribution in [1.29, 1.82) is 0 Å². The first-order valence-corrected chi connectivity index (χ1v) is 2.55. The van der Waals surface area contributed by atoms with Crippen molar-refractivity contribution in [2.75, 3.05) is 0 Å². The van der Waals surface area contributed by atoms with Crippen LogP contribution in [0.3, 0.4) is 0 Å². The van der Waals surface area contributed by atoms with Gasteiger partial charge in [-0.2, -0.15) is 0 Å². The van der Waals surface area contributed by atoms with E-state index in [-0.39, 0.29) is 0 Å². The molecule has 0 saturated heterocycles. The lowest BCUT2D eigenvalue weighted by molar-refractivity contribution is 0.882. The predicted octanol–water partition coefficient (Wildman–Crippen LogP) is -2.63. The van der Waals surface area contributed by atoms with Crippen molar-refractivity contribution in [3.8, 4) is 0 Å². The van der Waals surface area contributed by atoms with Gasteiger partial charge in [-0.05, 0) is 0 Å². The molecule has 0 aliphatic carbocycles. The van der Waals surface area contributed by atoms with Crippen LogP contribution in [-0.2, 0) is 0 Å². The molecule has 0 N–H and O–H groups in total. The van der Waals surface area contributed by atoms with Crippen LogP contribution in [0.15, 0.2) is 0 Å². The van der Waals surface area contributed by atoms with Gasteiger partial charge in [0.05, 0.1) is 12.8 Å². The number of rotatable bonds is 3. The normalized spacial score (nSPS) is 8.11. The summed E-state index contributed by atoms with van der Waals surface area (Å²) in [7, 11) is 21.0. The van der Waals surface area contributed by atoms with Crippen LogP contribution in [0.2, 0.25) is 0 Å². The Balaban J connectivity index is 3.58. The molecule has 0 heterocycles. The van der Waals surface area contributed by atoms with Gasteiger partial charge in [-0.1, -0.05) is 0 Å². The fraction of sp³-hybridized carbons (Fsp3) is 0. The van der Waals surface area contributed by atoms with E-state index in [0.29, 0.717) is 0 Å². The average molecular weight is 105 g/mol. The third-order valence-corrected chi connectivity index (χ3v) is 0.958. The number of hydrogen-bond donors (Lipinski definition) is 0. The molecule has 0 bridgehead atoms. The second-order valence-electron chi connectivity index (χ2n) is 1.79. The second-order valence-corrected chi connectivity index (χ2v) is 1.79. The molecule has 0 fully saturated rings. The van der Waals surface area contributed by atoms with Gasteiger partial charge in [0.15, 0.2) is 0 Å². The summed E-state index contributed by atoms with van der Waals surface area (Å²) in [5, 5.41) is 0. The lowest BCUT2D eigenvalue weighted by Crippen LogP contribution is -2.51. The van der Waals surface area contributed by atoms with Crippen molar-refractivity contribution in [3.05, 3.63) is 0 Å². The topological polar surface area (TPSA) is 0 Å². The Morgan fingerprint density at radius 3 is 1.78 bits per heavy atom. The molecule has 0 aliphatic heterocycles. The lowest BCUT2D eigenvalue weighted by atomic mass is 8.75. The van der Waals surface area contributed by atoms with Gasteiger partial charge < -0.3 is 4.32 Å². The Morgan fingerprint density at radius 2 is 1.67 bits per heavy atom. The summed E-state index contributed by atoms with van der Waals surface area (Å²) >= 11 is 0. The highest BCUT2D eigenvalue weighted by Crippen LogP contribution is 1.87. The van der Waals surface area contributed by atoms with Crippen LogP contribution >= 0.6 is 0 Å². The summed E-state index contributed by atoms with van der Waals surface area (Å²) in [5.74, 6) is 0. The molecule has 0 unspecified atom stereocenters. The molecule has 0 saturated carbocycles. The van der Waals surface area contributed by atoms with Gasteiger partial charge in [0.25, 0.3) is 0 Å². The Hall–Kier alpha value is 0.449. The SMILES string of the molecule is [B][B]B([B])B(F)B([B])[B]. The first kappa shape index (κ1) is 9.45.